The Labute approximate surface area is 122 Å². The van der Waals surface area contributed by atoms with Crippen molar-refractivity contribution in [3.05, 3.63) is 0 Å². The number of piperazine rings is 1. The maximum Gasteiger partial charge on any atom is 0.407 e. The second-order valence-electron chi connectivity index (χ2n) is 6.19. The van der Waals surface area contributed by atoms with Crippen molar-refractivity contribution in [1.82, 2.24) is 15.1 Å². The number of hydrogen-bond acceptors (Lipinski definition) is 5. The number of nitrogens with zero attached hydrogens (tertiary/aromatic N) is 2. The van der Waals surface area contributed by atoms with Crippen LogP contribution in [0.15, 0.2) is 0 Å². The Balaban J connectivity index is 2.08. The standard InChI is InChI=1S/C14H29N3O3/c1-14(2,3)20-13(19)15-5-7-17-10-8-16(9-11-17)6-4-12-18/h18H,4-12H2,1-3H3,(H,15,19). The van der Waals surface area contributed by atoms with Crippen LogP contribution in [0.25, 0.3) is 0 Å². The van der Waals surface area contributed by atoms with Crippen molar-refractivity contribution in [3.63, 3.8) is 0 Å². The fraction of sp³-hybridized carbons (Fsp3) is 0.929. The molecule has 6 heteroatoms. The molecule has 2 N–H and O–H groups in total. The lowest BCUT2D eigenvalue weighted by atomic mass is 10.2. The van der Waals surface area contributed by atoms with Crippen LogP contribution in [0.4, 0.5) is 4.79 Å². The van der Waals surface area contributed by atoms with Crippen molar-refractivity contribution in [1.29, 1.82) is 0 Å². The summed E-state index contributed by atoms with van der Waals surface area (Å²) in [5.41, 5.74) is -0.442. The number of aliphatic hydroxyl groups is 1. The van der Waals surface area contributed by atoms with E-state index in [1.54, 1.807) is 0 Å². The Hall–Kier alpha value is -0.850. The third-order valence-corrected chi connectivity index (χ3v) is 3.19. The molecule has 0 aliphatic carbocycles. The van der Waals surface area contributed by atoms with E-state index in [0.29, 0.717) is 6.54 Å². The van der Waals surface area contributed by atoms with Crippen LogP contribution in [0, 0.1) is 0 Å². The topological polar surface area (TPSA) is 65.0 Å². The molecule has 0 spiro atoms. The second-order valence-corrected chi connectivity index (χ2v) is 6.19. The molecule has 0 aromatic heterocycles. The van der Waals surface area contributed by atoms with Gasteiger partial charge in [0.15, 0.2) is 0 Å². The van der Waals surface area contributed by atoms with Gasteiger partial charge in [-0.1, -0.05) is 0 Å². The molecule has 0 saturated carbocycles. The summed E-state index contributed by atoms with van der Waals surface area (Å²) >= 11 is 0. The molecule has 0 radical (unpaired) electrons. The van der Waals surface area contributed by atoms with Crippen LogP contribution in [0.1, 0.15) is 27.2 Å². The van der Waals surface area contributed by atoms with Crippen molar-refractivity contribution in [2.75, 3.05) is 52.4 Å². The number of aliphatic hydroxyl groups excluding tert-OH is 1. The van der Waals surface area contributed by atoms with Crippen molar-refractivity contribution in [3.8, 4) is 0 Å². The van der Waals surface area contributed by atoms with Gasteiger partial charge in [-0.05, 0) is 27.2 Å². The maximum absolute atomic E-state index is 11.5. The predicted molar refractivity (Wildman–Crippen MR) is 78.8 cm³/mol. The monoisotopic (exact) mass is 287 g/mol. The number of ether oxygens (including phenoxy) is 1. The number of amides is 1. The molecule has 1 rings (SSSR count). The van der Waals surface area contributed by atoms with Crippen LogP contribution in [-0.2, 0) is 4.74 Å². The van der Waals surface area contributed by atoms with Crippen LogP contribution in [0.5, 0.6) is 0 Å². The lowest BCUT2D eigenvalue weighted by Gasteiger charge is -2.34. The highest BCUT2D eigenvalue weighted by Gasteiger charge is 2.18. The van der Waals surface area contributed by atoms with Crippen LogP contribution in [0.3, 0.4) is 0 Å². The Morgan fingerprint density at radius 1 is 1.15 bits per heavy atom. The Morgan fingerprint density at radius 2 is 1.70 bits per heavy atom. The highest BCUT2D eigenvalue weighted by atomic mass is 16.6. The molecule has 1 heterocycles. The minimum atomic E-state index is -0.442. The van der Waals surface area contributed by atoms with Crippen molar-refractivity contribution >= 4 is 6.09 Å². The van der Waals surface area contributed by atoms with E-state index in [2.05, 4.69) is 15.1 Å². The van der Waals surface area contributed by atoms with Crippen molar-refractivity contribution in [2.24, 2.45) is 0 Å². The van der Waals surface area contributed by atoms with Gasteiger partial charge in [-0.2, -0.15) is 0 Å². The lowest BCUT2D eigenvalue weighted by molar-refractivity contribution is 0.0516. The summed E-state index contributed by atoms with van der Waals surface area (Å²) in [7, 11) is 0. The molecule has 0 aromatic rings. The highest BCUT2D eigenvalue weighted by molar-refractivity contribution is 5.67. The Bertz CT molecular complexity index is 284. The number of alkyl carbamates (subject to hydrolysis) is 1. The summed E-state index contributed by atoms with van der Waals surface area (Å²) in [5, 5.41) is 11.6. The van der Waals surface area contributed by atoms with E-state index >= 15 is 0 Å². The predicted octanol–water partition coefficient (Wildman–Crippen LogP) is 0.511. The summed E-state index contributed by atoms with van der Waals surface area (Å²) in [4.78, 5) is 16.2. The zero-order valence-electron chi connectivity index (χ0n) is 13.0. The van der Waals surface area contributed by atoms with E-state index in [1.165, 1.54) is 0 Å². The van der Waals surface area contributed by atoms with Gasteiger partial charge in [0.2, 0.25) is 0 Å². The van der Waals surface area contributed by atoms with Gasteiger partial charge >= 0.3 is 6.09 Å². The first-order chi connectivity index (χ1) is 9.40. The number of carbonyl (C=O) groups is 1. The fourth-order valence-corrected chi connectivity index (χ4v) is 2.16. The summed E-state index contributed by atoms with van der Waals surface area (Å²) < 4.78 is 5.19. The third kappa shape index (κ3) is 7.67. The molecule has 1 aliphatic heterocycles. The molecule has 0 unspecified atom stereocenters. The largest absolute Gasteiger partial charge is 0.444 e. The van der Waals surface area contributed by atoms with Gasteiger partial charge < -0.3 is 20.1 Å². The molecule has 1 saturated heterocycles. The van der Waals surface area contributed by atoms with E-state index in [0.717, 1.165) is 45.7 Å². The van der Waals surface area contributed by atoms with Gasteiger partial charge in [0.1, 0.15) is 5.60 Å². The van der Waals surface area contributed by atoms with Gasteiger partial charge in [-0.15, -0.1) is 0 Å². The van der Waals surface area contributed by atoms with E-state index < -0.39 is 5.60 Å². The van der Waals surface area contributed by atoms with Crippen LogP contribution < -0.4 is 5.32 Å². The van der Waals surface area contributed by atoms with E-state index in [-0.39, 0.29) is 12.7 Å². The highest BCUT2D eigenvalue weighted by Crippen LogP contribution is 2.06. The minimum absolute atomic E-state index is 0.264. The van der Waals surface area contributed by atoms with Gasteiger partial charge in [0.25, 0.3) is 0 Å². The van der Waals surface area contributed by atoms with E-state index in [1.807, 2.05) is 20.8 Å². The average molecular weight is 287 g/mol. The zero-order chi connectivity index (χ0) is 15.0. The molecule has 0 atom stereocenters. The lowest BCUT2D eigenvalue weighted by Crippen LogP contribution is -2.48. The van der Waals surface area contributed by atoms with Crippen LogP contribution in [-0.4, -0.2) is 79.0 Å². The summed E-state index contributed by atoms with van der Waals surface area (Å²) in [5.74, 6) is 0. The van der Waals surface area contributed by atoms with Crippen LogP contribution >= 0.6 is 0 Å². The molecule has 1 fully saturated rings. The average Bonchev–Trinajstić information content (AvgIpc) is 2.35. The molecular formula is C14H29N3O3. The number of nitrogens with one attached hydrogen (secondary N) is 1. The van der Waals surface area contributed by atoms with E-state index in [9.17, 15) is 4.79 Å². The first-order valence-electron chi connectivity index (χ1n) is 7.43. The van der Waals surface area contributed by atoms with Gasteiger partial charge in [-0.3, -0.25) is 4.90 Å². The molecule has 6 nitrogen and oxygen atoms in total. The van der Waals surface area contributed by atoms with Crippen molar-refractivity contribution < 1.29 is 14.6 Å². The van der Waals surface area contributed by atoms with Gasteiger partial charge in [0, 0.05) is 52.4 Å². The molecule has 118 valence electrons. The molecule has 1 aliphatic rings. The van der Waals surface area contributed by atoms with Crippen LogP contribution in [0.2, 0.25) is 0 Å². The first kappa shape index (κ1) is 17.2. The summed E-state index contributed by atoms with van der Waals surface area (Å²) in [6.07, 6.45) is 0.499. The molecule has 0 aromatic carbocycles. The van der Waals surface area contributed by atoms with Crippen molar-refractivity contribution in [2.45, 2.75) is 32.8 Å². The fourth-order valence-electron chi connectivity index (χ4n) is 2.16. The molecule has 1 amide bonds. The number of carbonyl (C=O) groups excluding carboxylic acids is 1. The summed E-state index contributed by atoms with van der Waals surface area (Å²) in [6, 6.07) is 0. The molecular weight excluding hydrogens is 258 g/mol. The summed E-state index contributed by atoms with van der Waals surface area (Å²) in [6.45, 7) is 12.4. The van der Waals surface area contributed by atoms with E-state index in [4.69, 9.17) is 9.84 Å². The molecule has 0 bridgehead atoms. The smallest absolute Gasteiger partial charge is 0.407 e. The van der Waals surface area contributed by atoms with Gasteiger partial charge in [0.05, 0.1) is 0 Å². The minimum Gasteiger partial charge on any atom is -0.444 e. The SMILES string of the molecule is CC(C)(C)OC(=O)NCCN1CCN(CCCO)CC1. The zero-order valence-corrected chi connectivity index (χ0v) is 13.0. The number of hydrogen-bond donors (Lipinski definition) is 2. The Morgan fingerprint density at radius 3 is 2.20 bits per heavy atom. The Kier molecular flexibility index (Phi) is 7.26. The second kappa shape index (κ2) is 8.44. The molecule has 20 heavy (non-hydrogen) atoms. The third-order valence-electron chi connectivity index (χ3n) is 3.19. The normalized spacial score (nSPS) is 18.0. The maximum atomic E-state index is 11.5. The quantitative estimate of drug-likeness (QED) is 0.745. The van der Waals surface area contributed by atoms with Gasteiger partial charge in [-0.25, -0.2) is 4.79 Å². The number of rotatable bonds is 6. The first-order valence-corrected chi connectivity index (χ1v) is 7.43.